The number of hydrogen-bond acceptors (Lipinski definition) is 5. The first-order valence-electron chi connectivity index (χ1n) is 6.95. The van der Waals surface area contributed by atoms with E-state index in [9.17, 15) is 8.42 Å². The largest absolute Gasteiger partial charge is 0.350 e. The van der Waals surface area contributed by atoms with Crippen molar-refractivity contribution in [1.82, 2.24) is 10.3 Å². The second-order valence-corrected chi connectivity index (χ2v) is 8.37. The molecule has 0 saturated carbocycles. The summed E-state index contributed by atoms with van der Waals surface area (Å²) in [5.74, 6) is 1.71. The van der Waals surface area contributed by atoms with E-state index in [1.807, 2.05) is 0 Å². The van der Waals surface area contributed by atoms with Crippen LogP contribution in [0.4, 0.5) is 5.82 Å². The molecule has 2 saturated heterocycles. The number of nitrogens with one attached hydrogen (secondary N) is 1. The van der Waals surface area contributed by atoms with E-state index in [0.29, 0.717) is 22.5 Å². The molecule has 0 aliphatic carbocycles. The number of aromatic nitrogens is 1. The highest BCUT2D eigenvalue weighted by Gasteiger charge is 2.50. The predicted molar refractivity (Wildman–Crippen MR) is 78.6 cm³/mol. The van der Waals surface area contributed by atoms with Crippen molar-refractivity contribution >= 4 is 15.7 Å². The van der Waals surface area contributed by atoms with Crippen LogP contribution in [0.25, 0.3) is 0 Å². The zero-order valence-electron chi connectivity index (χ0n) is 12.1. The van der Waals surface area contributed by atoms with Gasteiger partial charge in [-0.05, 0) is 37.8 Å². The highest BCUT2D eigenvalue weighted by atomic mass is 32.2. The summed E-state index contributed by atoms with van der Waals surface area (Å²) in [6, 6.07) is 3.34. The molecule has 0 bridgehead atoms. The minimum atomic E-state index is -3.26. The monoisotopic (exact) mass is 295 g/mol. The molecule has 5 nitrogen and oxygen atoms in total. The van der Waals surface area contributed by atoms with Gasteiger partial charge in [0.25, 0.3) is 0 Å². The fourth-order valence-corrected chi connectivity index (χ4v) is 4.48. The molecule has 1 aromatic rings. The average molecular weight is 295 g/mol. The summed E-state index contributed by atoms with van der Waals surface area (Å²) >= 11 is 0. The number of anilines is 1. The maximum Gasteiger partial charge on any atom is 0.179 e. The summed E-state index contributed by atoms with van der Waals surface area (Å²) in [6.07, 6.45) is 2.92. The van der Waals surface area contributed by atoms with Crippen molar-refractivity contribution in [2.75, 3.05) is 30.8 Å². The molecule has 2 atom stereocenters. The van der Waals surface area contributed by atoms with Crippen molar-refractivity contribution in [2.24, 2.45) is 11.8 Å². The lowest BCUT2D eigenvalue weighted by molar-refractivity contribution is 0.355. The number of pyridine rings is 1. The Morgan fingerprint density at radius 1 is 1.40 bits per heavy atom. The Hall–Kier alpha value is -1.14. The standard InChI is InChI=1S/C14H21N3O2S/c1-14(2)11-8-15-7-10(11)9-17(14)13-12(20(3,18)19)5-4-6-16-13/h4-6,10-11,15H,7-9H2,1-3H3. The molecule has 3 rings (SSSR count). The number of fused-ring (bicyclic) bond motifs is 1. The van der Waals surface area contributed by atoms with Crippen LogP contribution in [0, 0.1) is 11.8 Å². The molecule has 3 heterocycles. The van der Waals surface area contributed by atoms with Gasteiger partial charge < -0.3 is 10.2 Å². The van der Waals surface area contributed by atoms with Crippen molar-refractivity contribution in [2.45, 2.75) is 24.3 Å². The SMILES string of the molecule is CC1(C)C2CNCC2CN1c1ncccc1S(C)(=O)=O. The van der Waals surface area contributed by atoms with Crippen molar-refractivity contribution in [3.05, 3.63) is 18.3 Å². The van der Waals surface area contributed by atoms with E-state index in [1.165, 1.54) is 6.26 Å². The smallest absolute Gasteiger partial charge is 0.179 e. The van der Waals surface area contributed by atoms with Crippen LogP contribution >= 0.6 is 0 Å². The van der Waals surface area contributed by atoms with Crippen LogP contribution < -0.4 is 10.2 Å². The van der Waals surface area contributed by atoms with Crippen molar-refractivity contribution in [1.29, 1.82) is 0 Å². The summed E-state index contributed by atoms with van der Waals surface area (Å²) in [5.41, 5.74) is -0.0814. The zero-order chi connectivity index (χ0) is 14.5. The van der Waals surface area contributed by atoms with Gasteiger partial charge in [0.15, 0.2) is 9.84 Å². The predicted octanol–water partition coefficient (Wildman–Crippen LogP) is 0.919. The first-order chi connectivity index (χ1) is 9.32. The van der Waals surface area contributed by atoms with Gasteiger partial charge in [-0.3, -0.25) is 0 Å². The van der Waals surface area contributed by atoms with E-state index in [1.54, 1.807) is 18.3 Å². The minimum Gasteiger partial charge on any atom is -0.350 e. The van der Waals surface area contributed by atoms with Crippen LogP contribution in [-0.4, -0.2) is 44.8 Å². The van der Waals surface area contributed by atoms with Crippen LogP contribution in [-0.2, 0) is 9.84 Å². The molecule has 0 radical (unpaired) electrons. The molecule has 2 unspecified atom stereocenters. The van der Waals surface area contributed by atoms with Gasteiger partial charge in [-0.1, -0.05) is 0 Å². The molecule has 0 amide bonds. The van der Waals surface area contributed by atoms with E-state index in [2.05, 4.69) is 29.0 Å². The topological polar surface area (TPSA) is 62.3 Å². The summed E-state index contributed by atoms with van der Waals surface area (Å²) in [4.78, 5) is 6.89. The molecule has 110 valence electrons. The summed E-state index contributed by atoms with van der Waals surface area (Å²) in [7, 11) is -3.26. The second kappa shape index (κ2) is 4.43. The molecule has 20 heavy (non-hydrogen) atoms. The Bertz CT molecular complexity index is 627. The Morgan fingerprint density at radius 3 is 2.80 bits per heavy atom. The fourth-order valence-electron chi connectivity index (χ4n) is 3.66. The fraction of sp³-hybridized carbons (Fsp3) is 0.643. The van der Waals surface area contributed by atoms with Crippen LogP contribution in [0.1, 0.15) is 13.8 Å². The molecule has 0 aromatic carbocycles. The molecule has 2 aliphatic rings. The maximum absolute atomic E-state index is 12.0. The van der Waals surface area contributed by atoms with Crippen LogP contribution in [0.15, 0.2) is 23.2 Å². The summed E-state index contributed by atoms with van der Waals surface area (Å²) < 4.78 is 24.0. The summed E-state index contributed by atoms with van der Waals surface area (Å²) in [6.45, 7) is 7.24. The summed E-state index contributed by atoms with van der Waals surface area (Å²) in [5, 5.41) is 3.43. The highest BCUT2D eigenvalue weighted by Crippen LogP contribution is 2.43. The van der Waals surface area contributed by atoms with Crippen molar-refractivity contribution < 1.29 is 8.42 Å². The van der Waals surface area contributed by atoms with E-state index in [0.717, 1.165) is 19.6 Å². The molecule has 0 spiro atoms. The van der Waals surface area contributed by atoms with Crippen LogP contribution in [0.3, 0.4) is 0 Å². The van der Waals surface area contributed by atoms with E-state index < -0.39 is 9.84 Å². The van der Waals surface area contributed by atoms with Gasteiger partial charge in [-0.25, -0.2) is 13.4 Å². The van der Waals surface area contributed by atoms with Gasteiger partial charge in [0.1, 0.15) is 10.7 Å². The van der Waals surface area contributed by atoms with Gasteiger partial charge in [0.2, 0.25) is 0 Å². The molecule has 2 aliphatic heterocycles. The van der Waals surface area contributed by atoms with Gasteiger partial charge in [-0.2, -0.15) is 0 Å². The first kappa shape index (κ1) is 13.8. The molecular formula is C14H21N3O2S. The number of nitrogens with zero attached hydrogens (tertiary/aromatic N) is 2. The van der Waals surface area contributed by atoms with Crippen molar-refractivity contribution in [3.8, 4) is 0 Å². The molecular weight excluding hydrogens is 274 g/mol. The molecule has 1 aromatic heterocycles. The average Bonchev–Trinajstić information content (AvgIpc) is 2.91. The third-order valence-corrected chi connectivity index (χ3v) is 5.88. The third kappa shape index (κ3) is 2.02. The number of rotatable bonds is 2. The normalized spacial score (nSPS) is 28.6. The van der Waals surface area contributed by atoms with Crippen LogP contribution in [0.5, 0.6) is 0 Å². The van der Waals surface area contributed by atoms with E-state index in [4.69, 9.17) is 0 Å². The Labute approximate surface area is 120 Å². The minimum absolute atomic E-state index is 0.0814. The van der Waals surface area contributed by atoms with E-state index >= 15 is 0 Å². The lowest BCUT2D eigenvalue weighted by atomic mass is 9.85. The third-order valence-electron chi connectivity index (χ3n) is 4.77. The first-order valence-corrected chi connectivity index (χ1v) is 8.84. The van der Waals surface area contributed by atoms with Crippen molar-refractivity contribution in [3.63, 3.8) is 0 Å². The van der Waals surface area contributed by atoms with Crippen LogP contribution in [0.2, 0.25) is 0 Å². The molecule has 6 heteroatoms. The van der Waals surface area contributed by atoms with Gasteiger partial charge in [-0.15, -0.1) is 0 Å². The lowest BCUT2D eigenvalue weighted by Gasteiger charge is -2.37. The Balaban J connectivity index is 2.07. The highest BCUT2D eigenvalue weighted by molar-refractivity contribution is 7.90. The Morgan fingerprint density at radius 2 is 2.15 bits per heavy atom. The lowest BCUT2D eigenvalue weighted by Crippen LogP contribution is -2.45. The van der Waals surface area contributed by atoms with Gasteiger partial charge in [0, 0.05) is 37.6 Å². The number of hydrogen-bond donors (Lipinski definition) is 1. The quantitative estimate of drug-likeness (QED) is 0.879. The number of sulfone groups is 1. The molecule has 2 fully saturated rings. The maximum atomic E-state index is 12.0. The zero-order valence-corrected chi connectivity index (χ0v) is 12.9. The molecule has 1 N–H and O–H groups in total. The van der Waals surface area contributed by atoms with Gasteiger partial charge >= 0.3 is 0 Å². The second-order valence-electron chi connectivity index (χ2n) is 6.39. The van der Waals surface area contributed by atoms with E-state index in [-0.39, 0.29) is 5.54 Å². The van der Waals surface area contributed by atoms with Gasteiger partial charge in [0.05, 0.1) is 0 Å². The Kier molecular flexibility index (Phi) is 3.06.